The van der Waals surface area contributed by atoms with Gasteiger partial charge in [0.05, 0.1) is 5.69 Å². The third-order valence-corrected chi connectivity index (χ3v) is 5.15. The Kier molecular flexibility index (Phi) is 3.70. The lowest BCUT2D eigenvalue weighted by Gasteiger charge is -2.33. The van der Waals surface area contributed by atoms with Crippen molar-refractivity contribution in [2.75, 3.05) is 19.9 Å². The van der Waals surface area contributed by atoms with Crippen molar-refractivity contribution in [1.29, 1.82) is 0 Å². The Morgan fingerprint density at radius 3 is 3.04 bits per heavy atom. The standard InChI is InChI=1S/C19H19N5O3/c1-12-7-15(24-19(22-12)20-10-21-24)14-3-2-6-23(9-14)18(25)13-4-5-16-17(8-13)27-11-26-16/h4-5,7-8,10,14H,2-3,6,9,11H2,1H3. The highest BCUT2D eigenvalue weighted by atomic mass is 16.7. The highest BCUT2D eigenvalue weighted by Crippen LogP contribution is 2.34. The number of carbonyl (C=O) groups is 1. The fourth-order valence-corrected chi connectivity index (χ4v) is 3.86. The number of rotatable bonds is 2. The lowest BCUT2D eigenvalue weighted by atomic mass is 9.93. The number of aryl methyl sites for hydroxylation is 1. The minimum atomic E-state index is 0.0126. The minimum absolute atomic E-state index is 0.0126. The molecule has 2 aliphatic heterocycles. The summed E-state index contributed by atoms with van der Waals surface area (Å²) in [4.78, 5) is 23.6. The molecule has 8 nitrogen and oxygen atoms in total. The molecule has 0 N–H and O–H groups in total. The Morgan fingerprint density at radius 2 is 2.11 bits per heavy atom. The SMILES string of the molecule is Cc1cc(C2CCCN(C(=O)c3ccc4c(c3)OCO4)C2)n2ncnc2n1. The van der Waals surface area contributed by atoms with Crippen LogP contribution in [0.5, 0.6) is 11.5 Å². The van der Waals surface area contributed by atoms with Gasteiger partial charge in [0.15, 0.2) is 11.5 Å². The zero-order chi connectivity index (χ0) is 18.4. The van der Waals surface area contributed by atoms with Crippen molar-refractivity contribution in [1.82, 2.24) is 24.5 Å². The van der Waals surface area contributed by atoms with Gasteiger partial charge in [-0.05, 0) is 44.0 Å². The van der Waals surface area contributed by atoms with E-state index in [1.54, 1.807) is 22.7 Å². The highest BCUT2D eigenvalue weighted by Gasteiger charge is 2.28. The molecule has 4 heterocycles. The molecule has 3 aromatic rings. The van der Waals surface area contributed by atoms with E-state index in [1.807, 2.05) is 17.9 Å². The molecule has 0 radical (unpaired) electrons. The van der Waals surface area contributed by atoms with Crippen LogP contribution in [0.3, 0.4) is 0 Å². The average Bonchev–Trinajstić information content (AvgIpc) is 3.35. The molecule has 0 spiro atoms. The van der Waals surface area contributed by atoms with Crippen molar-refractivity contribution < 1.29 is 14.3 Å². The first-order chi connectivity index (χ1) is 13.2. The van der Waals surface area contributed by atoms with Crippen LogP contribution in [0.4, 0.5) is 0 Å². The largest absolute Gasteiger partial charge is 0.454 e. The number of ether oxygens (including phenoxy) is 2. The fraction of sp³-hybridized carbons (Fsp3) is 0.368. The van der Waals surface area contributed by atoms with Crippen molar-refractivity contribution in [3.05, 3.63) is 47.5 Å². The van der Waals surface area contributed by atoms with Crippen molar-refractivity contribution >= 4 is 11.7 Å². The molecule has 5 rings (SSSR count). The molecule has 1 saturated heterocycles. The number of fused-ring (bicyclic) bond motifs is 2. The van der Waals surface area contributed by atoms with Crippen LogP contribution in [0.25, 0.3) is 5.78 Å². The van der Waals surface area contributed by atoms with Gasteiger partial charge >= 0.3 is 0 Å². The van der Waals surface area contributed by atoms with E-state index >= 15 is 0 Å². The van der Waals surface area contributed by atoms with E-state index in [9.17, 15) is 4.79 Å². The molecule has 1 amide bonds. The first kappa shape index (κ1) is 16.0. The van der Waals surface area contributed by atoms with Crippen LogP contribution >= 0.6 is 0 Å². The molecule has 0 aliphatic carbocycles. The Balaban J connectivity index is 1.42. The molecule has 1 fully saturated rings. The Hall–Kier alpha value is -3.16. The zero-order valence-electron chi connectivity index (χ0n) is 15.0. The molecule has 1 unspecified atom stereocenters. The molecule has 1 aromatic carbocycles. The highest BCUT2D eigenvalue weighted by molar-refractivity contribution is 5.95. The fourth-order valence-electron chi connectivity index (χ4n) is 3.86. The van der Waals surface area contributed by atoms with Crippen molar-refractivity contribution in [2.24, 2.45) is 0 Å². The van der Waals surface area contributed by atoms with Gasteiger partial charge in [0.25, 0.3) is 11.7 Å². The third-order valence-electron chi connectivity index (χ3n) is 5.15. The molecule has 0 bridgehead atoms. The summed E-state index contributed by atoms with van der Waals surface area (Å²) in [5, 5.41) is 4.31. The number of amides is 1. The summed E-state index contributed by atoms with van der Waals surface area (Å²) in [5.74, 6) is 2.12. The van der Waals surface area contributed by atoms with E-state index in [2.05, 4.69) is 15.1 Å². The first-order valence-corrected chi connectivity index (χ1v) is 9.05. The van der Waals surface area contributed by atoms with Crippen LogP contribution in [0.2, 0.25) is 0 Å². The van der Waals surface area contributed by atoms with E-state index in [1.165, 1.54) is 6.33 Å². The number of carbonyl (C=O) groups excluding carboxylic acids is 1. The van der Waals surface area contributed by atoms with Gasteiger partial charge in [0, 0.05) is 30.3 Å². The second-order valence-corrected chi connectivity index (χ2v) is 6.95. The van der Waals surface area contributed by atoms with Gasteiger partial charge < -0.3 is 14.4 Å². The Morgan fingerprint density at radius 1 is 1.22 bits per heavy atom. The normalized spacial score (nSPS) is 18.9. The van der Waals surface area contributed by atoms with Gasteiger partial charge in [-0.2, -0.15) is 10.1 Å². The van der Waals surface area contributed by atoms with Crippen LogP contribution in [0.15, 0.2) is 30.6 Å². The van der Waals surface area contributed by atoms with Crippen molar-refractivity contribution in [3.63, 3.8) is 0 Å². The zero-order valence-corrected chi connectivity index (χ0v) is 15.0. The smallest absolute Gasteiger partial charge is 0.254 e. The molecule has 0 saturated carbocycles. The lowest BCUT2D eigenvalue weighted by Crippen LogP contribution is -2.39. The van der Waals surface area contributed by atoms with Gasteiger partial charge in [0.1, 0.15) is 6.33 Å². The second kappa shape index (κ2) is 6.22. The Bertz CT molecular complexity index is 1030. The third kappa shape index (κ3) is 2.77. The molecular weight excluding hydrogens is 346 g/mol. The average molecular weight is 365 g/mol. The van der Waals surface area contributed by atoms with Crippen molar-refractivity contribution in [3.8, 4) is 11.5 Å². The van der Waals surface area contributed by atoms with Crippen LogP contribution in [-0.4, -0.2) is 50.3 Å². The molecule has 27 heavy (non-hydrogen) atoms. The lowest BCUT2D eigenvalue weighted by molar-refractivity contribution is 0.0704. The second-order valence-electron chi connectivity index (χ2n) is 6.95. The van der Waals surface area contributed by atoms with Gasteiger partial charge in [-0.1, -0.05) is 0 Å². The number of aromatic nitrogens is 4. The minimum Gasteiger partial charge on any atom is -0.454 e. The summed E-state index contributed by atoms with van der Waals surface area (Å²) in [5.41, 5.74) is 2.58. The summed E-state index contributed by atoms with van der Waals surface area (Å²) in [7, 11) is 0. The molecule has 1 atom stereocenters. The predicted molar refractivity (Wildman–Crippen MR) is 96.0 cm³/mol. The van der Waals surface area contributed by atoms with E-state index < -0.39 is 0 Å². The Labute approximate surface area is 155 Å². The maximum atomic E-state index is 13.0. The summed E-state index contributed by atoms with van der Waals surface area (Å²) >= 11 is 0. The predicted octanol–water partition coefficient (Wildman–Crippen LogP) is 2.18. The van der Waals surface area contributed by atoms with Crippen molar-refractivity contribution in [2.45, 2.75) is 25.7 Å². The molecule has 2 aliphatic rings. The number of hydrogen-bond acceptors (Lipinski definition) is 6. The summed E-state index contributed by atoms with van der Waals surface area (Å²) in [6.45, 7) is 3.55. The first-order valence-electron chi connectivity index (χ1n) is 9.05. The number of hydrogen-bond donors (Lipinski definition) is 0. The van der Waals surface area contributed by atoms with Crippen LogP contribution in [0.1, 0.15) is 40.5 Å². The summed E-state index contributed by atoms with van der Waals surface area (Å²) in [6, 6.07) is 7.40. The summed E-state index contributed by atoms with van der Waals surface area (Å²) in [6.07, 6.45) is 3.46. The van der Waals surface area contributed by atoms with Gasteiger partial charge in [-0.15, -0.1) is 0 Å². The van der Waals surface area contributed by atoms with Crippen LogP contribution < -0.4 is 9.47 Å². The topological polar surface area (TPSA) is 81.9 Å². The number of likely N-dealkylation sites (tertiary alicyclic amines) is 1. The maximum absolute atomic E-state index is 13.0. The van der Waals surface area contributed by atoms with Crippen LogP contribution in [0, 0.1) is 6.92 Å². The molecule has 138 valence electrons. The quantitative estimate of drug-likeness (QED) is 0.692. The van der Waals surface area contributed by atoms with E-state index in [-0.39, 0.29) is 18.6 Å². The number of benzene rings is 1. The van der Waals surface area contributed by atoms with E-state index in [0.717, 1.165) is 30.8 Å². The maximum Gasteiger partial charge on any atom is 0.254 e. The molecule has 8 heteroatoms. The van der Waals surface area contributed by atoms with Gasteiger partial charge in [0.2, 0.25) is 6.79 Å². The van der Waals surface area contributed by atoms with Gasteiger partial charge in [-0.3, -0.25) is 4.79 Å². The van der Waals surface area contributed by atoms with E-state index in [4.69, 9.17) is 9.47 Å². The van der Waals surface area contributed by atoms with Gasteiger partial charge in [-0.25, -0.2) is 9.50 Å². The summed E-state index contributed by atoms with van der Waals surface area (Å²) < 4.78 is 12.5. The van der Waals surface area contributed by atoms with E-state index in [0.29, 0.717) is 29.4 Å². The monoisotopic (exact) mass is 365 g/mol. The van der Waals surface area contributed by atoms with Crippen LogP contribution in [-0.2, 0) is 0 Å². The molecule has 2 aromatic heterocycles. The number of nitrogens with zero attached hydrogens (tertiary/aromatic N) is 5. The molecular formula is C19H19N5O3. The number of piperidine rings is 1.